The third-order valence-electron chi connectivity index (χ3n) is 1.76. The van der Waals surface area contributed by atoms with Crippen molar-refractivity contribution >= 4 is 13.3 Å². The molecule has 1 aromatic rings. The normalized spacial score (nSPS) is 18.8. The lowest BCUT2D eigenvalue weighted by molar-refractivity contribution is 0.318. The highest BCUT2D eigenvalue weighted by atomic mass is 15.3. The Bertz CT molecular complexity index is 229. The summed E-state index contributed by atoms with van der Waals surface area (Å²) in [6.07, 6.45) is 3.55. The number of nitrogens with zero attached hydrogens (tertiary/aromatic N) is 2. The van der Waals surface area contributed by atoms with Crippen molar-refractivity contribution in [3.8, 4) is 0 Å². The second-order valence-corrected chi connectivity index (χ2v) is 2.57. The first-order valence-electron chi connectivity index (χ1n) is 3.36. The first kappa shape index (κ1) is 5.98. The van der Waals surface area contributed by atoms with Gasteiger partial charge in [-0.3, -0.25) is 4.68 Å². The summed E-state index contributed by atoms with van der Waals surface area (Å²) in [5.41, 5.74) is 0.743. The van der Waals surface area contributed by atoms with Gasteiger partial charge in [-0.15, -0.1) is 0 Å². The fourth-order valence-corrected chi connectivity index (χ4v) is 1.01. The Labute approximate surface area is 60.8 Å². The quantitative estimate of drug-likeness (QED) is 0.488. The smallest absolute Gasteiger partial charge is 0.118 e. The first-order chi connectivity index (χ1) is 4.86. The molecule has 1 fully saturated rings. The molecule has 1 N–H and O–H groups in total. The molecular weight excluding hydrogens is 125 g/mol. The number of nitrogens with one attached hydrogen (secondary N) is 1. The van der Waals surface area contributed by atoms with Gasteiger partial charge in [0.05, 0.1) is 6.04 Å². The molecule has 1 aliphatic heterocycles. The molecule has 0 saturated carbocycles. The zero-order chi connectivity index (χ0) is 6.97. The maximum atomic E-state index is 5.49. The van der Waals surface area contributed by atoms with Crippen molar-refractivity contribution in [2.75, 3.05) is 13.1 Å². The van der Waals surface area contributed by atoms with Gasteiger partial charge in [-0.05, 0) is 0 Å². The Morgan fingerprint density at radius 3 is 2.90 bits per heavy atom. The van der Waals surface area contributed by atoms with Crippen molar-refractivity contribution in [1.29, 1.82) is 0 Å². The number of rotatable bonds is 1. The van der Waals surface area contributed by atoms with Crippen LogP contribution in [0, 0.1) is 0 Å². The van der Waals surface area contributed by atoms with Gasteiger partial charge in [-0.25, -0.2) is 0 Å². The van der Waals surface area contributed by atoms with Crippen LogP contribution in [0.15, 0.2) is 12.4 Å². The molecule has 0 aromatic carbocycles. The molecule has 0 amide bonds. The molecule has 10 heavy (non-hydrogen) atoms. The Kier molecular flexibility index (Phi) is 1.27. The highest BCUT2D eigenvalue weighted by molar-refractivity contribution is 6.31. The van der Waals surface area contributed by atoms with Crippen molar-refractivity contribution in [1.82, 2.24) is 15.1 Å². The number of hydrogen-bond acceptors (Lipinski definition) is 2. The molecule has 1 saturated heterocycles. The van der Waals surface area contributed by atoms with E-state index < -0.39 is 0 Å². The molecule has 2 radical (unpaired) electrons. The van der Waals surface area contributed by atoms with Gasteiger partial charge in [-0.1, -0.05) is 5.46 Å². The summed E-state index contributed by atoms with van der Waals surface area (Å²) in [6.45, 7) is 2.03. The third kappa shape index (κ3) is 0.846. The van der Waals surface area contributed by atoms with E-state index >= 15 is 0 Å². The molecule has 2 rings (SSSR count). The van der Waals surface area contributed by atoms with Crippen LogP contribution in [0.3, 0.4) is 0 Å². The lowest BCUT2D eigenvalue weighted by Gasteiger charge is -2.27. The number of hydrogen-bond donors (Lipinski definition) is 1. The molecule has 1 aliphatic rings. The predicted molar refractivity (Wildman–Crippen MR) is 39.5 cm³/mol. The molecule has 0 bridgehead atoms. The molecular formula is C6H8BN3. The standard InChI is InChI=1S/C6H8BN3/c7-5-1-9-10(4-5)6-2-8-3-6/h1,4,6,8H,2-3H2. The van der Waals surface area contributed by atoms with Crippen molar-refractivity contribution in [2.24, 2.45) is 0 Å². The van der Waals surface area contributed by atoms with Crippen LogP contribution in [0.2, 0.25) is 0 Å². The third-order valence-corrected chi connectivity index (χ3v) is 1.76. The van der Waals surface area contributed by atoms with E-state index in [0.717, 1.165) is 18.6 Å². The average molecular weight is 133 g/mol. The zero-order valence-corrected chi connectivity index (χ0v) is 5.62. The molecule has 0 aliphatic carbocycles. The van der Waals surface area contributed by atoms with Gasteiger partial charge in [-0.2, -0.15) is 5.10 Å². The van der Waals surface area contributed by atoms with Gasteiger partial charge in [0.15, 0.2) is 0 Å². The second kappa shape index (κ2) is 2.13. The van der Waals surface area contributed by atoms with E-state index in [9.17, 15) is 0 Å². The monoisotopic (exact) mass is 133 g/mol. The number of aromatic nitrogens is 2. The van der Waals surface area contributed by atoms with E-state index in [2.05, 4.69) is 10.4 Å². The van der Waals surface area contributed by atoms with Crippen LogP contribution in [0.4, 0.5) is 0 Å². The summed E-state index contributed by atoms with van der Waals surface area (Å²) in [5.74, 6) is 0. The van der Waals surface area contributed by atoms with Crippen molar-refractivity contribution in [3.63, 3.8) is 0 Å². The summed E-state index contributed by atoms with van der Waals surface area (Å²) in [5, 5.41) is 7.26. The van der Waals surface area contributed by atoms with Gasteiger partial charge in [0.1, 0.15) is 7.85 Å². The molecule has 3 nitrogen and oxygen atoms in total. The van der Waals surface area contributed by atoms with Gasteiger partial charge < -0.3 is 5.32 Å². The molecule has 0 unspecified atom stereocenters. The fourth-order valence-electron chi connectivity index (χ4n) is 1.01. The average Bonchev–Trinajstić information content (AvgIpc) is 2.10. The Morgan fingerprint density at radius 1 is 1.70 bits per heavy atom. The molecule has 4 heteroatoms. The lowest BCUT2D eigenvalue weighted by Crippen LogP contribution is -2.43. The summed E-state index contributed by atoms with van der Waals surface area (Å²) in [7, 11) is 5.49. The molecule has 50 valence electrons. The maximum Gasteiger partial charge on any atom is 0.118 e. The maximum absolute atomic E-state index is 5.49. The van der Waals surface area contributed by atoms with Crippen LogP contribution in [0.1, 0.15) is 6.04 Å². The minimum atomic E-state index is 0.525. The highest BCUT2D eigenvalue weighted by Crippen LogP contribution is 2.07. The van der Waals surface area contributed by atoms with Gasteiger partial charge in [0.25, 0.3) is 0 Å². The van der Waals surface area contributed by atoms with E-state index in [1.54, 1.807) is 6.20 Å². The van der Waals surface area contributed by atoms with E-state index in [1.807, 2.05) is 10.9 Å². The summed E-state index contributed by atoms with van der Waals surface area (Å²) < 4.78 is 1.91. The van der Waals surface area contributed by atoms with E-state index in [1.165, 1.54) is 0 Å². The second-order valence-electron chi connectivity index (χ2n) is 2.57. The largest absolute Gasteiger partial charge is 0.312 e. The highest BCUT2D eigenvalue weighted by Gasteiger charge is 2.18. The van der Waals surface area contributed by atoms with E-state index in [4.69, 9.17) is 7.85 Å². The van der Waals surface area contributed by atoms with Crippen LogP contribution >= 0.6 is 0 Å². The lowest BCUT2D eigenvalue weighted by atomic mass is 10.0. The SMILES string of the molecule is [B]c1cnn(C2CNC2)c1. The first-order valence-corrected chi connectivity index (χ1v) is 3.36. The summed E-state index contributed by atoms with van der Waals surface area (Å²) in [4.78, 5) is 0. The van der Waals surface area contributed by atoms with Crippen molar-refractivity contribution in [2.45, 2.75) is 6.04 Å². The van der Waals surface area contributed by atoms with E-state index in [0.29, 0.717) is 6.04 Å². The fraction of sp³-hybridized carbons (Fsp3) is 0.500. The molecule has 1 aromatic heterocycles. The minimum Gasteiger partial charge on any atom is -0.312 e. The Morgan fingerprint density at radius 2 is 2.50 bits per heavy atom. The van der Waals surface area contributed by atoms with Crippen LogP contribution in [0.5, 0.6) is 0 Å². The van der Waals surface area contributed by atoms with Crippen molar-refractivity contribution < 1.29 is 0 Å². The van der Waals surface area contributed by atoms with Gasteiger partial charge >= 0.3 is 0 Å². The van der Waals surface area contributed by atoms with Crippen LogP contribution in [-0.4, -0.2) is 30.7 Å². The summed E-state index contributed by atoms with van der Waals surface area (Å²) >= 11 is 0. The van der Waals surface area contributed by atoms with Crippen LogP contribution < -0.4 is 10.8 Å². The minimum absolute atomic E-state index is 0.525. The summed E-state index contributed by atoms with van der Waals surface area (Å²) in [6, 6.07) is 0.525. The predicted octanol–water partition coefficient (Wildman–Crippen LogP) is -1.18. The van der Waals surface area contributed by atoms with E-state index in [-0.39, 0.29) is 0 Å². The van der Waals surface area contributed by atoms with Crippen LogP contribution in [0.25, 0.3) is 0 Å². The molecule has 0 atom stereocenters. The van der Waals surface area contributed by atoms with Gasteiger partial charge in [0, 0.05) is 25.5 Å². The van der Waals surface area contributed by atoms with Crippen LogP contribution in [-0.2, 0) is 0 Å². The molecule has 2 heterocycles. The van der Waals surface area contributed by atoms with Crippen molar-refractivity contribution in [3.05, 3.63) is 12.4 Å². The zero-order valence-electron chi connectivity index (χ0n) is 5.62. The topological polar surface area (TPSA) is 29.9 Å². The Balaban J connectivity index is 2.17. The van der Waals surface area contributed by atoms with Gasteiger partial charge in [0.2, 0.25) is 0 Å². The Hall–Kier alpha value is -0.765. The molecule has 0 spiro atoms.